The second-order valence-electron chi connectivity index (χ2n) is 3.25. The van der Waals surface area contributed by atoms with Gasteiger partial charge in [0.2, 0.25) is 0 Å². The predicted molar refractivity (Wildman–Crippen MR) is 67.7 cm³/mol. The maximum atomic E-state index is 5.61. The van der Waals surface area contributed by atoms with Crippen LogP contribution in [0.3, 0.4) is 0 Å². The maximum Gasteiger partial charge on any atom is 0.161 e. The highest BCUT2D eigenvalue weighted by Gasteiger charge is 2.10. The van der Waals surface area contributed by atoms with Crippen LogP contribution in [0.25, 0.3) is 0 Å². The third-order valence-electron chi connectivity index (χ3n) is 2.10. The molecule has 88 valence electrons. The molecule has 5 nitrogen and oxygen atoms in total. The van der Waals surface area contributed by atoms with Gasteiger partial charge in [0, 0.05) is 20.2 Å². The SMILES string of the molecule is CCOCCN(C)c1nnccc1C(N)=S. The lowest BCUT2D eigenvalue weighted by molar-refractivity contribution is 0.154. The zero-order valence-electron chi connectivity index (χ0n) is 9.51. The fourth-order valence-electron chi connectivity index (χ4n) is 1.25. The molecule has 0 saturated carbocycles. The minimum atomic E-state index is 0.327. The van der Waals surface area contributed by atoms with Crippen LogP contribution >= 0.6 is 12.2 Å². The maximum absolute atomic E-state index is 5.61. The summed E-state index contributed by atoms with van der Waals surface area (Å²) in [5, 5.41) is 7.86. The average molecular weight is 240 g/mol. The Morgan fingerprint density at radius 2 is 2.38 bits per heavy atom. The standard InChI is InChI=1S/C10H16N4OS/c1-3-15-7-6-14(2)10-8(9(11)16)4-5-12-13-10/h4-5H,3,6-7H2,1-2H3,(H2,11,16). The molecule has 1 rings (SSSR count). The second kappa shape index (κ2) is 6.34. The summed E-state index contributed by atoms with van der Waals surface area (Å²) in [6, 6.07) is 1.77. The first-order chi connectivity index (χ1) is 7.66. The lowest BCUT2D eigenvalue weighted by Crippen LogP contribution is -2.27. The van der Waals surface area contributed by atoms with Gasteiger partial charge in [-0.05, 0) is 13.0 Å². The van der Waals surface area contributed by atoms with Crippen molar-refractivity contribution in [2.75, 3.05) is 31.7 Å². The Bertz CT molecular complexity index is 358. The van der Waals surface area contributed by atoms with Gasteiger partial charge < -0.3 is 15.4 Å². The number of ether oxygens (including phenoxy) is 1. The minimum absolute atomic E-state index is 0.327. The van der Waals surface area contributed by atoms with Gasteiger partial charge in [-0.2, -0.15) is 5.10 Å². The normalized spacial score (nSPS) is 10.1. The smallest absolute Gasteiger partial charge is 0.161 e. The fraction of sp³-hybridized carbons (Fsp3) is 0.500. The number of thiocarbonyl (C=S) groups is 1. The van der Waals surface area contributed by atoms with Gasteiger partial charge in [0.1, 0.15) is 4.99 Å². The average Bonchev–Trinajstić information content (AvgIpc) is 2.29. The van der Waals surface area contributed by atoms with E-state index in [0.717, 1.165) is 12.1 Å². The molecule has 0 aromatic carbocycles. The van der Waals surface area contributed by atoms with Crippen LogP contribution < -0.4 is 10.6 Å². The first-order valence-electron chi connectivity index (χ1n) is 5.07. The van der Waals surface area contributed by atoms with E-state index in [1.807, 2.05) is 18.9 Å². The summed E-state index contributed by atoms with van der Waals surface area (Å²) in [6.07, 6.45) is 1.58. The van der Waals surface area contributed by atoms with Crippen LogP contribution in [0.2, 0.25) is 0 Å². The summed E-state index contributed by atoms with van der Waals surface area (Å²) < 4.78 is 5.27. The molecule has 1 aromatic rings. The van der Waals surface area contributed by atoms with Gasteiger partial charge in [-0.3, -0.25) is 0 Å². The van der Waals surface area contributed by atoms with Crippen LogP contribution in [0.1, 0.15) is 12.5 Å². The number of rotatable bonds is 6. The Kier molecular flexibility index (Phi) is 5.07. The van der Waals surface area contributed by atoms with Crippen molar-refractivity contribution >= 4 is 23.0 Å². The van der Waals surface area contributed by atoms with Gasteiger partial charge in [0.05, 0.1) is 18.4 Å². The third kappa shape index (κ3) is 3.39. The molecule has 16 heavy (non-hydrogen) atoms. The molecule has 1 heterocycles. The molecule has 0 radical (unpaired) electrons. The van der Waals surface area contributed by atoms with Crippen molar-refractivity contribution in [3.63, 3.8) is 0 Å². The Morgan fingerprint density at radius 1 is 1.62 bits per heavy atom. The van der Waals surface area contributed by atoms with Crippen molar-refractivity contribution in [1.29, 1.82) is 0 Å². The zero-order valence-corrected chi connectivity index (χ0v) is 10.3. The second-order valence-corrected chi connectivity index (χ2v) is 3.69. The molecule has 0 fully saturated rings. The van der Waals surface area contributed by atoms with E-state index < -0.39 is 0 Å². The number of anilines is 1. The van der Waals surface area contributed by atoms with Crippen LogP contribution in [0, 0.1) is 0 Å². The molecule has 2 N–H and O–H groups in total. The summed E-state index contributed by atoms with van der Waals surface area (Å²) in [4.78, 5) is 2.25. The molecule has 0 unspecified atom stereocenters. The Labute approximate surface area is 101 Å². The lowest BCUT2D eigenvalue weighted by Gasteiger charge is -2.19. The van der Waals surface area contributed by atoms with Crippen molar-refractivity contribution in [1.82, 2.24) is 10.2 Å². The lowest BCUT2D eigenvalue weighted by atomic mass is 10.2. The van der Waals surface area contributed by atoms with E-state index >= 15 is 0 Å². The highest BCUT2D eigenvalue weighted by atomic mass is 32.1. The molecule has 0 bridgehead atoms. The molecule has 0 amide bonds. The van der Waals surface area contributed by atoms with E-state index in [-0.39, 0.29) is 0 Å². The van der Waals surface area contributed by atoms with E-state index in [0.29, 0.717) is 24.0 Å². The minimum Gasteiger partial charge on any atom is -0.389 e. The van der Waals surface area contributed by atoms with Crippen molar-refractivity contribution in [2.45, 2.75) is 6.92 Å². The fourth-order valence-corrected chi connectivity index (χ4v) is 1.41. The van der Waals surface area contributed by atoms with Gasteiger partial charge in [0.25, 0.3) is 0 Å². The number of likely N-dealkylation sites (N-methyl/N-ethyl adjacent to an activating group) is 1. The van der Waals surface area contributed by atoms with E-state index in [1.54, 1.807) is 12.3 Å². The molecule has 0 atom stereocenters. The zero-order chi connectivity index (χ0) is 12.0. The van der Waals surface area contributed by atoms with Crippen molar-refractivity contribution < 1.29 is 4.74 Å². The van der Waals surface area contributed by atoms with Gasteiger partial charge >= 0.3 is 0 Å². The largest absolute Gasteiger partial charge is 0.389 e. The van der Waals surface area contributed by atoms with E-state index in [4.69, 9.17) is 22.7 Å². The molecule has 1 aromatic heterocycles. The van der Waals surface area contributed by atoms with E-state index in [9.17, 15) is 0 Å². The van der Waals surface area contributed by atoms with Crippen LogP contribution in [-0.4, -0.2) is 42.0 Å². The summed E-state index contributed by atoms with van der Waals surface area (Å²) >= 11 is 4.96. The van der Waals surface area contributed by atoms with Gasteiger partial charge in [-0.1, -0.05) is 12.2 Å². The monoisotopic (exact) mass is 240 g/mol. The quantitative estimate of drug-likeness (QED) is 0.580. The van der Waals surface area contributed by atoms with Gasteiger partial charge in [-0.15, -0.1) is 5.10 Å². The number of hydrogen-bond donors (Lipinski definition) is 1. The Morgan fingerprint density at radius 3 is 3.00 bits per heavy atom. The van der Waals surface area contributed by atoms with E-state index in [2.05, 4.69) is 10.2 Å². The highest BCUT2D eigenvalue weighted by Crippen LogP contribution is 2.13. The molecular formula is C10H16N4OS. The number of nitrogens with zero attached hydrogens (tertiary/aromatic N) is 3. The molecule has 0 aliphatic heterocycles. The molecular weight excluding hydrogens is 224 g/mol. The number of nitrogens with two attached hydrogens (primary N) is 1. The molecule has 6 heteroatoms. The van der Waals surface area contributed by atoms with E-state index in [1.165, 1.54) is 0 Å². The first kappa shape index (κ1) is 12.8. The summed E-state index contributed by atoms with van der Waals surface area (Å²) in [6.45, 7) is 4.03. The van der Waals surface area contributed by atoms with Crippen molar-refractivity contribution in [3.05, 3.63) is 17.8 Å². The molecule has 0 aliphatic carbocycles. The van der Waals surface area contributed by atoms with Gasteiger partial charge in [0.15, 0.2) is 5.82 Å². The highest BCUT2D eigenvalue weighted by molar-refractivity contribution is 7.80. The van der Waals surface area contributed by atoms with Gasteiger partial charge in [-0.25, -0.2) is 0 Å². The predicted octanol–water partition coefficient (Wildman–Crippen LogP) is 0.583. The van der Waals surface area contributed by atoms with Crippen LogP contribution in [0.15, 0.2) is 12.3 Å². The molecule has 0 aliphatic rings. The number of hydrogen-bond acceptors (Lipinski definition) is 5. The van der Waals surface area contributed by atoms with Crippen molar-refractivity contribution in [3.8, 4) is 0 Å². The molecule has 0 saturated heterocycles. The summed E-state index contributed by atoms with van der Waals surface area (Å²) in [7, 11) is 1.91. The Hall–Kier alpha value is -1.27. The van der Waals surface area contributed by atoms with Crippen molar-refractivity contribution in [2.24, 2.45) is 5.73 Å². The van der Waals surface area contributed by atoms with Crippen LogP contribution in [0.4, 0.5) is 5.82 Å². The third-order valence-corrected chi connectivity index (χ3v) is 2.32. The first-order valence-corrected chi connectivity index (χ1v) is 5.48. The summed E-state index contributed by atoms with van der Waals surface area (Å²) in [5.74, 6) is 0.690. The topological polar surface area (TPSA) is 64.3 Å². The summed E-state index contributed by atoms with van der Waals surface area (Å²) in [5.41, 5.74) is 6.35. The molecule has 0 spiro atoms. The number of aromatic nitrogens is 2. The van der Waals surface area contributed by atoms with Crippen LogP contribution in [0.5, 0.6) is 0 Å². The Balaban J connectivity index is 2.74. The van der Waals surface area contributed by atoms with Crippen LogP contribution in [-0.2, 0) is 4.74 Å².